The lowest BCUT2D eigenvalue weighted by Crippen LogP contribution is -2.21. The molecule has 2 nitrogen and oxygen atoms in total. The Morgan fingerprint density at radius 3 is 2.56 bits per heavy atom. The van der Waals surface area contributed by atoms with Gasteiger partial charge >= 0.3 is 5.97 Å². The molecular weight excluding hydrogens is 200 g/mol. The summed E-state index contributed by atoms with van der Waals surface area (Å²) in [5.74, 6) is -0.164. The van der Waals surface area contributed by atoms with Gasteiger partial charge < -0.3 is 4.74 Å². The first-order chi connectivity index (χ1) is 7.74. The van der Waals surface area contributed by atoms with Crippen LogP contribution >= 0.6 is 0 Å². The lowest BCUT2D eigenvalue weighted by molar-refractivity contribution is -0.145. The van der Waals surface area contributed by atoms with Crippen molar-refractivity contribution in [3.8, 4) is 0 Å². The Bertz CT molecular complexity index is 227. The monoisotopic (exact) mass is 224 g/mol. The predicted molar refractivity (Wildman–Crippen MR) is 66.2 cm³/mol. The molecule has 1 saturated carbocycles. The highest BCUT2D eigenvalue weighted by atomic mass is 16.5. The highest BCUT2D eigenvalue weighted by molar-refractivity contribution is 5.87. The number of carbonyl (C=O) groups excluding carboxylic acids is 1. The molecule has 2 heteroatoms. The molecular formula is C14H24O2. The van der Waals surface area contributed by atoms with Crippen LogP contribution in [0.3, 0.4) is 0 Å². The van der Waals surface area contributed by atoms with Crippen molar-refractivity contribution in [2.45, 2.75) is 70.8 Å². The molecule has 0 atom stereocenters. The number of unbranched alkanes of at least 4 members (excludes halogenated alkanes) is 2. The molecule has 0 amide bonds. The summed E-state index contributed by atoms with van der Waals surface area (Å²) in [6.45, 7) is 5.97. The first kappa shape index (κ1) is 13.3. The third-order valence-electron chi connectivity index (χ3n) is 3.20. The fourth-order valence-electron chi connectivity index (χ4n) is 2.11. The van der Waals surface area contributed by atoms with Gasteiger partial charge in [0.1, 0.15) is 6.10 Å². The molecule has 0 N–H and O–H groups in total. The van der Waals surface area contributed by atoms with E-state index in [4.69, 9.17) is 4.74 Å². The zero-order valence-electron chi connectivity index (χ0n) is 10.5. The van der Waals surface area contributed by atoms with Crippen molar-refractivity contribution in [3.63, 3.8) is 0 Å². The summed E-state index contributed by atoms with van der Waals surface area (Å²) in [5.41, 5.74) is 0.652. The van der Waals surface area contributed by atoms with E-state index >= 15 is 0 Å². The van der Waals surface area contributed by atoms with E-state index in [1.165, 1.54) is 25.7 Å². The summed E-state index contributed by atoms with van der Waals surface area (Å²) in [6, 6.07) is 0. The third-order valence-corrected chi connectivity index (χ3v) is 3.20. The Labute approximate surface area is 99.1 Å². The fraction of sp³-hybridized carbons (Fsp3) is 0.786. The van der Waals surface area contributed by atoms with Crippen molar-refractivity contribution in [1.82, 2.24) is 0 Å². The summed E-state index contributed by atoms with van der Waals surface area (Å²) in [4.78, 5) is 11.7. The molecule has 0 heterocycles. The molecule has 0 aromatic carbocycles. The lowest BCUT2D eigenvalue weighted by Gasteiger charge is -2.22. The zero-order chi connectivity index (χ0) is 11.8. The maximum atomic E-state index is 11.7. The van der Waals surface area contributed by atoms with E-state index in [1.54, 1.807) is 0 Å². The van der Waals surface area contributed by atoms with Gasteiger partial charge in [-0.15, -0.1) is 0 Å². The molecule has 1 aliphatic carbocycles. The van der Waals surface area contributed by atoms with Crippen LogP contribution in [0.5, 0.6) is 0 Å². The number of esters is 1. The molecule has 0 aromatic heterocycles. The first-order valence-corrected chi connectivity index (χ1v) is 6.62. The Kier molecular flexibility index (Phi) is 6.20. The van der Waals surface area contributed by atoms with Crippen molar-refractivity contribution < 1.29 is 9.53 Å². The zero-order valence-corrected chi connectivity index (χ0v) is 10.5. The summed E-state index contributed by atoms with van der Waals surface area (Å²) < 4.78 is 5.45. The second kappa shape index (κ2) is 7.48. The average Bonchev–Trinajstić information content (AvgIpc) is 2.30. The van der Waals surface area contributed by atoms with Gasteiger partial charge in [0.05, 0.1) is 0 Å². The quantitative estimate of drug-likeness (QED) is 0.387. The standard InChI is InChI=1S/C14H24O2/c1-3-4-6-9-12(2)14(15)16-13-10-7-5-8-11-13/h13H,2-11H2,1H3. The molecule has 0 saturated heterocycles. The Balaban J connectivity index is 2.19. The average molecular weight is 224 g/mol. The molecule has 0 radical (unpaired) electrons. The van der Waals surface area contributed by atoms with Crippen LogP contribution in [0.25, 0.3) is 0 Å². The van der Waals surface area contributed by atoms with E-state index in [0.717, 1.165) is 32.1 Å². The van der Waals surface area contributed by atoms with E-state index in [9.17, 15) is 4.79 Å². The Morgan fingerprint density at radius 2 is 1.94 bits per heavy atom. The van der Waals surface area contributed by atoms with Gasteiger partial charge in [0, 0.05) is 5.57 Å². The van der Waals surface area contributed by atoms with Crippen LogP contribution < -0.4 is 0 Å². The van der Waals surface area contributed by atoms with Crippen molar-refractivity contribution in [1.29, 1.82) is 0 Å². The van der Waals surface area contributed by atoms with Gasteiger partial charge in [-0.05, 0) is 38.5 Å². The normalized spacial score (nSPS) is 17.1. The van der Waals surface area contributed by atoms with Gasteiger partial charge in [0.25, 0.3) is 0 Å². The summed E-state index contributed by atoms with van der Waals surface area (Å²) >= 11 is 0. The third kappa shape index (κ3) is 4.82. The van der Waals surface area contributed by atoms with Crippen LogP contribution in [0, 0.1) is 0 Å². The highest BCUT2D eigenvalue weighted by Gasteiger charge is 2.18. The van der Waals surface area contributed by atoms with E-state index in [-0.39, 0.29) is 12.1 Å². The second-order valence-corrected chi connectivity index (χ2v) is 4.73. The summed E-state index contributed by atoms with van der Waals surface area (Å²) in [6.07, 6.45) is 10.1. The van der Waals surface area contributed by atoms with Gasteiger partial charge in [-0.25, -0.2) is 4.79 Å². The number of rotatable bonds is 6. The van der Waals surface area contributed by atoms with Crippen molar-refractivity contribution in [2.75, 3.05) is 0 Å². The molecule has 92 valence electrons. The van der Waals surface area contributed by atoms with Crippen molar-refractivity contribution in [3.05, 3.63) is 12.2 Å². The van der Waals surface area contributed by atoms with E-state index < -0.39 is 0 Å². The van der Waals surface area contributed by atoms with Crippen LogP contribution in [0.15, 0.2) is 12.2 Å². The molecule has 16 heavy (non-hydrogen) atoms. The fourth-order valence-corrected chi connectivity index (χ4v) is 2.11. The smallest absolute Gasteiger partial charge is 0.333 e. The van der Waals surface area contributed by atoms with Gasteiger partial charge in [0.2, 0.25) is 0 Å². The summed E-state index contributed by atoms with van der Waals surface area (Å²) in [5, 5.41) is 0. The highest BCUT2D eigenvalue weighted by Crippen LogP contribution is 2.21. The number of hydrogen-bond acceptors (Lipinski definition) is 2. The van der Waals surface area contributed by atoms with Crippen LogP contribution in [0.4, 0.5) is 0 Å². The maximum absolute atomic E-state index is 11.7. The topological polar surface area (TPSA) is 26.3 Å². The largest absolute Gasteiger partial charge is 0.459 e. The number of carbonyl (C=O) groups is 1. The van der Waals surface area contributed by atoms with Gasteiger partial charge in [-0.3, -0.25) is 0 Å². The molecule has 0 unspecified atom stereocenters. The minimum atomic E-state index is -0.164. The van der Waals surface area contributed by atoms with Crippen LogP contribution in [0.1, 0.15) is 64.7 Å². The number of hydrogen-bond donors (Lipinski definition) is 0. The van der Waals surface area contributed by atoms with Crippen molar-refractivity contribution >= 4 is 5.97 Å². The van der Waals surface area contributed by atoms with E-state index in [2.05, 4.69) is 13.5 Å². The molecule has 1 aliphatic rings. The SMILES string of the molecule is C=C(CCCCC)C(=O)OC1CCCCC1. The Morgan fingerprint density at radius 1 is 1.25 bits per heavy atom. The van der Waals surface area contributed by atoms with Crippen LogP contribution in [-0.4, -0.2) is 12.1 Å². The van der Waals surface area contributed by atoms with Crippen LogP contribution in [-0.2, 0) is 9.53 Å². The second-order valence-electron chi connectivity index (χ2n) is 4.73. The maximum Gasteiger partial charge on any atom is 0.333 e. The minimum absolute atomic E-state index is 0.157. The van der Waals surface area contributed by atoms with Gasteiger partial charge in [-0.2, -0.15) is 0 Å². The van der Waals surface area contributed by atoms with E-state index in [1.807, 2.05) is 0 Å². The molecule has 0 aromatic rings. The van der Waals surface area contributed by atoms with E-state index in [0.29, 0.717) is 5.57 Å². The number of ether oxygens (including phenoxy) is 1. The van der Waals surface area contributed by atoms with Gasteiger partial charge in [0.15, 0.2) is 0 Å². The first-order valence-electron chi connectivity index (χ1n) is 6.62. The molecule has 0 aliphatic heterocycles. The minimum Gasteiger partial charge on any atom is -0.459 e. The van der Waals surface area contributed by atoms with Crippen molar-refractivity contribution in [2.24, 2.45) is 0 Å². The van der Waals surface area contributed by atoms with Crippen LogP contribution in [0.2, 0.25) is 0 Å². The molecule has 1 fully saturated rings. The lowest BCUT2D eigenvalue weighted by atomic mass is 9.98. The Hall–Kier alpha value is -0.790. The predicted octanol–water partition coefficient (Wildman–Crippen LogP) is 4.00. The van der Waals surface area contributed by atoms with Gasteiger partial charge in [-0.1, -0.05) is 32.8 Å². The molecule has 0 bridgehead atoms. The molecule has 0 spiro atoms. The summed E-state index contributed by atoms with van der Waals surface area (Å²) in [7, 11) is 0. The molecule has 1 rings (SSSR count).